The zero-order valence-corrected chi connectivity index (χ0v) is 12.4. The highest BCUT2D eigenvalue weighted by atomic mass is 19.2. The molecule has 0 aliphatic heterocycles. The Kier molecular flexibility index (Phi) is 4.13. The second kappa shape index (κ2) is 6.08. The van der Waals surface area contributed by atoms with Gasteiger partial charge in [0.1, 0.15) is 5.60 Å². The molecular weight excluding hydrogens is 300 g/mol. The average molecular weight is 317 g/mol. The fraction of sp³-hybridized carbons (Fsp3) is 0.278. The second-order valence-corrected chi connectivity index (χ2v) is 5.88. The van der Waals surface area contributed by atoms with Gasteiger partial charge in [-0.1, -0.05) is 30.3 Å². The second-order valence-electron chi connectivity index (χ2n) is 5.88. The van der Waals surface area contributed by atoms with E-state index < -0.39 is 23.1 Å². The van der Waals surface area contributed by atoms with Crippen molar-refractivity contribution in [1.29, 1.82) is 0 Å². The molecule has 0 saturated heterocycles. The molecule has 1 amide bonds. The molecule has 23 heavy (non-hydrogen) atoms. The average Bonchev–Trinajstić information content (AvgIpc) is 3.41. The lowest BCUT2D eigenvalue weighted by Crippen LogP contribution is -2.42. The normalized spacial score (nSPS) is 16.7. The Hall–Kier alpha value is -2.27. The van der Waals surface area contributed by atoms with E-state index >= 15 is 0 Å². The fourth-order valence-corrected chi connectivity index (χ4v) is 2.72. The monoisotopic (exact) mass is 317 g/mol. The number of nitrogens with one attached hydrogen (secondary N) is 1. The zero-order chi connectivity index (χ0) is 16.4. The maximum absolute atomic E-state index is 13.2. The Bertz CT molecular complexity index is 716. The van der Waals surface area contributed by atoms with Crippen LogP contribution < -0.4 is 5.32 Å². The van der Waals surface area contributed by atoms with Crippen molar-refractivity contribution in [3.63, 3.8) is 0 Å². The minimum Gasteiger partial charge on any atom is -0.383 e. The minimum absolute atomic E-state index is 0.0232. The van der Waals surface area contributed by atoms with E-state index in [1.807, 2.05) is 30.3 Å². The Morgan fingerprint density at radius 2 is 1.83 bits per heavy atom. The molecule has 1 aliphatic rings. The number of rotatable bonds is 5. The molecule has 0 aromatic heterocycles. The summed E-state index contributed by atoms with van der Waals surface area (Å²) in [7, 11) is 0. The van der Waals surface area contributed by atoms with Gasteiger partial charge in [-0.3, -0.25) is 4.79 Å². The summed E-state index contributed by atoms with van der Waals surface area (Å²) in [4.78, 5) is 12.1. The molecule has 3 nitrogen and oxygen atoms in total. The number of carbonyl (C=O) groups excluding carboxylic acids is 1. The molecule has 0 unspecified atom stereocenters. The highest BCUT2D eigenvalue weighted by Gasteiger charge is 2.45. The van der Waals surface area contributed by atoms with Crippen LogP contribution in [0.25, 0.3) is 0 Å². The van der Waals surface area contributed by atoms with Crippen molar-refractivity contribution in [2.75, 3.05) is 6.54 Å². The van der Waals surface area contributed by atoms with E-state index in [2.05, 4.69) is 5.32 Å². The van der Waals surface area contributed by atoms with Crippen LogP contribution in [0.5, 0.6) is 0 Å². The van der Waals surface area contributed by atoms with Crippen LogP contribution >= 0.6 is 0 Å². The number of halogens is 2. The van der Waals surface area contributed by atoms with Crippen LogP contribution in [0.4, 0.5) is 8.78 Å². The number of hydrogen-bond donors (Lipinski definition) is 2. The van der Waals surface area contributed by atoms with Crippen molar-refractivity contribution in [3.8, 4) is 0 Å². The van der Waals surface area contributed by atoms with E-state index in [0.29, 0.717) is 0 Å². The van der Waals surface area contributed by atoms with Gasteiger partial charge in [-0.15, -0.1) is 0 Å². The molecule has 1 aliphatic carbocycles. The number of aliphatic hydroxyl groups is 1. The molecule has 1 fully saturated rings. The molecular formula is C18H17F2NO2. The van der Waals surface area contributed by atoms with Gasteiger partial charge in [-0.2, -0.15) is 0 Å². The van der Waals surface area contributed by atoms with Gasteiger partial charge < -0.3 is 10.4 Å². The standard InChI is InChI=1S/C18H17F2NO2/c19-15-9-6-12(10-16(15)20)17(22)21-11-18(23,14-7-8-14)13-4-2-1-3-5-13/h1-6,9-10,14,23H,7-8,11H2,(H,21,22)/t18-/m1/s1. The maximum Gasteiger partial charge on any atom is 0.251 e. The first kappa shape index (κ1) is 15.6. The molecule has 3 rings (SSSR count). The van der Waals surface area contributed by atoms with Crippen molar-refractivity contribution < 1.29 is 18.7 Å². The number of benzene rings is 2. The third kappa shape index (κ3) is 3.24. The van der Waals surface area contributed by atoms with Crippen molar-refractivity contribution in [1.82, 2.24) is 5.32 Å². The Labute approximate surface area is 133 Å². The Balaban J connectivity index is 1.74. The third-order valence-corrected chi connectivity index (χ3v) is 4.23. The van der Waals surface area contributed by atoms with Crippen LogP contribution in [0.1, 0.15) is 28.8 Å². The van der Waals surface area contributed by atoms with E-state index in [4.69, 9.17) is 0 Å². The summed E-state index contributed by atoms with van der Waals surface area (Å²) in [5.41, 5.74) is -0.377. The van der Waals surface area contributed by atoms with Crippen LogP contribution in [0.2, 0.25) is 0 Å². The summed E-state index contributed by atoms with van der Waals surface area (Å²) >= 11 is 0. The summed E-state index contributed by atoms with van der Waals surface area (Å²) in [5, 5.41) is 13.6. The molecule has 0 heterocycles. The molecule has 5 heteroatoms. The summed E-state index contributed by atoms with van der Waals surface area (Å²) in [6.07, 6.45) is 1.79. The SMILES string of the molecule is O=C(NC[C@@](O)(c1ccccc1)C1CC1)c1ccc(F)c(F)c1. The van der Waals surface area contributed by atoms with Gasteiger partial charge in [-0.25, -0.2) is 8.78 Å². The van der Waals surface area contributed by atoms with E-state index in [1.165, 1.54) is 6.07 Å². The highest BCUT2D eigenvalue weighted by molar-refractivity contribution is 5.94. The topological polar surface area (TPSA) is 49.3 Å². The molecule has 2 N–H and O–H groups in total. The van der Waals surface area contributed by atoms with Crippen molar-refractivity contribution in [2.45, 2.75) is 18.4 Å². The summed E-state index contributed by atoms with van der Waals surface area (Å²) in [5.74, 6) is -2.52. The largest absolute Gasteiger partial charge is 0.383 e. The predicted octanol–water partition coefficient (Wildman–Crippen LogP) is 2.99. The molecule has 1 atom stereocenters. The number of amides is 1. The van der Waals surface area contributed by atoms with Crippen LogP contribution in [0, 0.1) is 17.6 Å². The fourth-order valence-electron chi connectivity index (χ4n) is 2.72. The van der Waals surface area contributed by atoms with Crippen molar-refractivity contribution >= 4 is 5.91 Å². The highest BCUT2D eigenvalue weighted by Crippen LogP contribution is 2.45. The van der Waals surface area contributed by atoms with E-state index in [1.54, 1.807) is 0 Å². The van der Waals surface area contributed by atoms with Gasteiger partial charge in [0, 0.05) is 5.56 Å². The lowest BCUT2D eigenvalue weighted by atomic mass is 9.88. The quantitative estimate of drug-likeness (QED) is 0.891. The minimum atomic E-state index is -1.14. The van der Waals surface area contributed by atoms with E-state index in [-0.39, 0.29) is 18.0 Å². The molecule has 2 aromatic carbocycles. The van der Waals surface area contributed by atoms with Crippen LogP contribution in [-0.4, -0.2) is 17.6 Å². The maximum atomic E-state index is 13.2. The van der Waals surface area contributed by atoms with Crippen molar-refractivity contribution in [2.24, 2.45) is 5.92 Å². The zero-order valence-electron chi connectivity index (χ0n) is 12.4. The lowest BCUT2D eigenvalue weighted by molar-refractivity contribution is 0.0135. The van der Waals surface area contributed by atoms with Crippen LogP contribution in [-0.2, 0) is 5.60 Å². The first-order valence-corrected chi connectivity index (χ1v) is 7.52. The van der Waals surface area contributed by atoms with Gasteiger partial charge in [0.15, 0.2) is 11.6 Å². The Morgan fingerprint density at radius 1 is 1.13 bits per heavy atom. The molecule has 0 radical (unpaired) electrons. The van der Waals surface area contributed by atoms with Crippen LogP contribution in [0.15, 0.2) is 48.5 Å². The first-order chi connectivity index (χ1) is 11.0. The number of carbonyl (C=O) groups is 1. The van der Waals surface area contributed by atoms with E-state index in [0.717, 1.165) is 30.5 Å². The first-order valence-electron chi connectivity index (χ1n) is 7.52. The van der Waals surface area contributed by atoms with Gasteiger partial charge in [0.25, 0.3) is 5.91 Å². The molecule has 2 aromatic rings. The third-order valence-electron chi connectivity index (χ3n) is 4.23. The van der Waals surface area contributed by atoms with E-state index in [9.17, 15) is 18.7 Å². The van der Waals surface area contributed by atoms with Gasteiger partial charge >= 0.3 is 0 Å². The van der Waals surface area contributed by atoms with Crippen molar-refractivity contribution in [3.05, 3.63) is 71.3 Å². The molecule has 1 saturated carbocycles. The molecule has 120 valence electrons. The lowest BCUT2D eigenvalue weighted by Gasteiger charge is -2.29. The summed E-state index contributed by atoms with van der Waals surface area (Å²) in [6, 6.07) is 12.1. The molecule has 0 bridgehead atoms. The smallest absolute Gasteiger partial charge is 0.251 e. The van der Waals surface area contributed by atoms with Crippen LogP contribution in [0.3, 0.4) is 0 Å². The summed E-state index contributed by atoms with van der Waals surface area (Å²) in [6.45, 7) is 0.0273. The summed E-state index contributed by atoms with van der Waals surface area (Å²) < 4.78 is 26.1. The predicted molar refractivity (Wildman–Crippen MR) is 81.8 cm³/mol. The van der Waals surface area contributed by atoms with Gasteiger partial charge in [0.2, 0.25) is 0 Å². The Morgan fingerprint density at radius 3 is 2.43 bits per heavy atom. The molecule has 0 spiro atoms. The van der Waals surface area contributed by atoms with Gasteiger partial charge in [-0.05, 0) is 42.5 Å². The number of hydrogen-bond acceptors (Lipinski definition) is 2. The van der Waals surface area contributed by atoms with Gasteiger partial charge in [0.05, 0.1) is 6.54 Å².